The molecule has 8 nitrogen and oxygen atoms in total. The van der Waals surface area contributed by atoms with Crippen LogP contribution in [0, 0.1) is 18.3 Å². The van der Waals surface area contributed by atoms with Crippen molar-refractivity contribution >= 4 is 0 Å². The Morgan fingerprint density at radius 3 is 2.64 bits per heavy atom. The van der Waals surface area contributed by atoms with Gasteiger partial charge in [0, 0.05) is 23.9 Å². The molecule has 0 bridgehead atoms. The average molecular weight is 445 g/mol. The van der Waals surface area contributed by atoms with Crippen molar-refractivity contribution in [3.05, 3.63) is 92.7 Å². The van der Waals surface area contributed by atoms with Gasteiger partial charge in [-0.05, 0) is 37.1 Å². The maximum atomic E-state index is 13.7. The molecule has 0 radical (unpaired) electrons. The fourth-order valence-corrected chi connectivity index (χ4v) is 4.15. The molecular weight excluding hydrogens is 422 g/mol. The third-order valence-electron chi connectivity index (χ3n) is 5.80. The number of nitrogens with two attached hydrogens (primary N) is 1. The van der Waals surface area contributed by atoms with Gasteiger partial charge in [-0.3, -0.25) is 4.79 Å². The number of phenols is 2. The molecule has 4 N–H and O–H groups in total. The van der Waals surface area contributed by atoms with Crippen LogP contribution in [0.4, 0.5) is 0 Å². The maximum absolute atomic E-state index is 13.7. The molecule has 0 fully saturated rings. The van der Waals surface area contributed by atoms with Gasteiger partial charge in [0.2, 0.25) is 5.88 Å². The summed E-state index contributed by atoms with van der Waals surface area (Å²) in [5, 5.41) is 29.1. The van der Waals surface area contributed by atoms with E-state index in [2.05, 4.69) is 6.07 Å². The number of hydrogen-bond donors (Lipinski definition) is 3. The summed E-state index contributed by atoms with van der Waals surface area (Å²) in [7, 11) is 1.53. The molecule has 168 valence electrons. The van der Waals surface area contributed by atoms with Crippen LogP contribution in [-0.2, 0) is 13.0 Å². The minimum Gasteiger partial charge on any atom is -0.504 e. The number of ether oxygens (including phenoxy) is 2. The monoisotopic (exact) mass is 445 g/mol. The smallest absolute Gasteiger partial charge is 0.258 e. The lowest BCUT2D eigenvalue weighted by Crippen LogP contribution is -2.33. The van der Waals surface area contributed by atoms with Crippen molar-refractivity contribution in [1.82, 2.24) is 4.57 Å². The molecule has 2 heterocycles. The predicted octanol–water partition coefficient (Wildman–Crippen LogP) is 3.04. The van der Waals surface area contributed by atoms with E-state index < -0.39 is 5.92 Å². The lowest BCUT2D eigenvalue weighted by atomic mass is 9.83. The number of phenolic OH excluding ortho intramolecular Hbond substituents is 2. The number of aryl methyl sites for hydroxylation is 2. The number of nitriles is 1. The van der Waals surface area contributed by atoms with E-state index in [-0.39, 0.29) is 28.5 Å². The second kappa shape index (κ2) is 8.63. The Bertz CT molecular complexity index is 1370. The number of rotatable bonds is 5. The van der Waals surface area contributed by atoms with E-state index in [0.29, 0.717) is 41.3 Å². The number of para-hydroxylation sites is 1. The van der Waals surface area contributed by atoms with Crippen molar-refractivity contribution in [3.63, 3.8) is 0 Å². The summed E-state index contributed by atoms with van der Waals surface area (Å²) in [4.78, 5) is 13.7. The van der Waals surface area contributed by atoms with Crippen LogP contribution in [-0.4, -0.2) is 21.9 Å². The van der Waals surface area contributed by atoms with Crippen LogP contribution in [0.15, 0.2) is 64.8 Å². The predicted molar refractivity (Wildman–Crippen MR) is 121 cm³/mol. The molecule has 1 atom stereocenters. The first-order valence-corrected chi connectivity index (χ1v) is 10.3. The number of methoxy groups -OCH3 is 1. The van der Waals surface area contributed by atoms with Crippen LogP contribution in [0.25, 0.3) is 0 Å². The number of allylic oxidation sites excluding steroid dienone is 1. The zero-order chi connectivity index (χ0) is 23.7. The number of benzene rings is 2. The van der Waals surface area contributed by atoms with Gasteiger partial charge in [-0.2, -0.15) is 5.26 Å². The lowest BCUT2D eigenvalue weighted by Gasteiger charge is -2.28. The Kier molecular flexibility index (Phi) is 5.71. The fraction of sp³-hybridized carbons (Fsp3) is 0.200. The van der Waals surface area contributed by atoms with Crippen molar-refractivity contribution < 1.29 is 19.7 Å². The molecule has 0 saturated heterocycles. The van der Waals surface area contributed by atoms with Crippen LogP contribution >= 0.6 is 0 Å². The molecule has 0 saturated carbocycles. The Hall–Kier alpha value is -4.38. The minimum absolute atomic E-state index is 0.0444. The molecule has 3 aromatic rings. The van der Waals surface area contributed by atoms with Crippen molar-refractivity contribution in [2.75, 3.05) is 7.11 Å². The summed E-state index contributed by atoms with van der Waals surface area (Å²) in [5.41, 5.74) is 8.27. The summed E-state index contributed by atoms with van der Waals surface area (Å²) < 4.78 is 12.8. The van der Waals surface area contributed by atoms with Gasteiger partial charge in [-0.15, -0.1) is 0 Å². The first-order chi connectivity index (χ1) is 15.8. The molecule has 0 amide bonds. The van der Waals surface area contributed by atoms with Gasteiger partial charge in [0.05, 0.1) is 18.6 Å². The van der Waals surface area contributed by atoms with Crippen LogP contribution < -0.4 is 20.8 Å². The molecule has 1 aliphatic rings. The van der Waals surface area contributed by atoms with Gasteiger partial charge in [0.25, 0.3) is 5.56 Å². The zero-order valence-corrected chi connectivity index (χ0v) is 18.2. The summed E-state index contributed by atoms with van der Waals surface area (Å²) in [6.07, 6.45) is 0.441. The number of fused-ring (bicyclic) bond motifs is 1. The number of aromatic nitrogens is 1. The molecule has 33 heavy (non-hydrogen) atoms. The topological polar surface area (TPSA) is 131 Å². The van der Waals surface area contributed by atoms with Crippen molar-refractivity contribution in [2.24, 2.45) is 5.73 Å². The van der Waals surface area contributed by atoms with E-state index in [9.17, 15) is 20.3 Å². The van der Waals surface area contributed by atoms with Crippen LogP contribution in [0.2, 0.25) is 0 Å². The first-order valence-electron chi connectivity index (χ1n) is 10.3. The molecule has 8 heteroatoms. The Balaban J connectivity index is 1.83. The molecule has 1 aliphatic heterocycles. The van der Waals surface area contributed by atoms with Gasteiger partial charge in [0.15, 0.2) is 11.5 Å². The van der Waals surface area contributed by atoms with E-state index >= 15 is 0 Å². The third-order valence-corrected chi connectivity index (χ3v) is 5.80. The summed E-state index contributed by atoms with van der Waals surface area (Å²) in [5.74, 6) is -0.369. The van der Waals surface area contributed by atoms with Crippen molar-refractivity contribution in [1.29, 1.82) is 5.26 Å². The van der Waals surface area contributed by atoms with Crippen LogP contribution in [0.5, 0.6) is 23.0 Å². The van der Waals surface area contributed by atoms with E-state index in [1.165, 1.54) is 19.2 Å². The quantitative estimate of drug-likeness (QED) is 0.515. The number of pyridine rings is 1. The standard InChI is InChI=1S/C25H23N3O5/c1-14-11-21-23(25(31)28(14)10-9-15-7-8-18(29)19(30)12-15)22(17(13-26)24(27)33-21)16-5-3-4-6-20(16)32-2/h3-8,11-12,22,29-30H,9-10,27H2,1-2H3/t22-/m0/s1. The highest BCUT2D eigenvalue weighted by atomic mass is 16.5. The third kappa shape index (κ3) is 3.85. The minimum atomic E-state index is -0.744. The fourth-order valence-electron chi connectivity index (χ4n) is 4.15. The summed E-state index contributed by atoms with van der Waals surface area (Å²) in [6.45, 7) is 2.11. The molecule has 0 unspecified atom stereocenters. The molecular formula is C25H23N3O5. The van der Waals surface area contributed by atoms with Crippen LogP contribution in [0.3, 0.4) is 0 Å². The molecule has 4 rings (SSSR count). The van der Waals surface area contributed by atoms with Gasteiger partial charge in [0.1, 0.15) is 23.1 Å². The normalized spacial score (nSPS) is 14.9. The van der Waals surface area contributed by atoms with Gasteiger partial charge in [-0.1, -0.05) is 24.3 Å². The van der Waals surface area contributed by atoms with E-state index in [0.717, 1.165) is 5.56 Å². The van der Waals surface area contributed by atoms with Crippen molar-refractivity contribution in [3.8, 4) is 29.1 Å². The Morgan fingerprint density at radius 1 is 1.18 bits per heavy atom. The lowest BCUT2D eigenvalue weighted by molar-refractivity contribution is 0.382. The largest absolute Gasteiger partial charge is 0.504 e. The van der Waals surface area contributed by atoms with Gasteiger partial charge in [-0.25, -0.2) is 0 Å². The second-order valence-electron chi connectivity index (χ2n) is 7.76. The SMILES string of the molecule is COc1ccccc1[C@H]1C(C#N)=C(N)Oc2cc(C)n(CCc3ccc(O)c(O)c3)c(=O)c21. The Labute approximate surface area is 190 Å². The number of nitrogens with zero attached hydrogens (tertiary/aromatic N) is 2. The molecule has 1 aromatic heterocycles. The van der Waals surface area contributed by atoms with Gasteiger partial charge >= 0.3 is 0 Å². The summed E-state index contributed by atoms with van der Waals surface area (Å²) >= 11 is 0. The van der Waals surface area contributed by atoms with Gasteiger partial charge < -0.3 is 30.0 Å². The second-order valence-corrected chi connectivity index (χ2v) is 7.76. The number of aromatic hydroxyl groups is 2. The molecule has 2 aromatic carbocycles. The Morgan fingerprint density at radius 2 is 1.94 bits per heavy atom. The van der Waals surface area contributed by atoms with E-state index in [1.807, 2.05) is 12.1 Å². The van der Waals surface area contributed by atoms with E-state index in [1.54, 1.807) is 35.8 Å². The van der Waals surface area contributed by atoms with E-state index in [4.69, 9.17) is 15.2 Å². The maximum Gasteiger partial charge on any atom is 0.258 e. The molecule has 0 aliphatic carbocycles. The highest BCUT2D eigenvalue weighted by molar-refractivity contribution is 5.58. The van der Waals surface area contributed by atoms with Crippen molar-refractivity contribution in [2.45, 2.75) is 25.8 Å². The highest BCUT2D eigenvalue weighted by Crippen LogP contribution is 2.43. The first kappa shape index (κ1) is 21.8. The number of hydrogen-bond acceptors (Lipinski definition) is 7. The van der Waals surface area contributed by atoms with Crippen LogP contribution in [0.1, 0.15) is 28.3 Å². The zero-order valence-electron chi connectivity index (χ0n) is 18.2. The summed E-state index contributed by atoms with van der Waals surface area (Å²) in [6, 6.07) is 15.6. The average Bonchev–Trinajstić information content (AvgIpc) is 2.80. The molecule has 0 spiro atoms. The highest BCUT2D eigenvalue weighted by Gasteiger charge is 2.35.